The quantitative estimate of drug-likeness (QED) is 0.797. The summed E-state index contributed by atoms with van der Waals surface area (Å²) in [5, 5.41) is 9.84. The van der Waals surface area contributed by atoms with E-state index in [1.54, 1.807) is 12.1 Å². The van der Waals surface area contributed by atoms with Gasteiger partial charge in [-0.25, -0.2) is 0 Å². The highest BCUT2D eigenvalue weighted by molar-refractivity contribution is 6.31. The number of halogens is 1. The van der Waals surface area contributed by atoms with Crippen molar-refractivity contribution in [2.75, 3.05) is 0 Å². The Hall–Kier alpha value is -1.54. The second-order valence-electron chi connectivity index (χ2n) is 3.37. The van der Waals surface area contributed by atoms with E-state index in [0.717, 1.165) is 21.8 Å². The fourth-order valence-electron chi connectivity index (χ4n) is 1.31. The highest BCUT2D eigenvalue weighted by Gasteiger charge is 2.01. The van der Waals surface area contributed by atoms with Crippen LogP contribution in [0.5, 0.6) is 5.75 Å². The van der Waals surface area contributed by atoms with Gasteiger partial charge >= 0.3 is 0 Å². The predicted octanol–water partition coefficient (Wildman–Crippen LogP) is 3.42. The zero-order valence-electron chi connectivity index (χ0n) is 8.24. The molecule has 2 rings (SSSR count). The van der Waals surface area contributed by atoms with Crippen LogP contribution in [0.15, 0.2) is 36.5 Å². The first-order valence-electron chi connectivity index (χ1n) is 4.58. The molecule has 0 unspecified atom stereocenters. The van der Waals surface area contributed by atoms with Crippen LogP contribution in [-0.4, -0.2) is 10.1 Å². The molecule has 76 valence electrons. The lowest BCUT2D eigenvalue weighted by Crippen LogP contribution is -1.83. The number of aromatic nitrogens is 1. The van der Waals surface area contributed by atoms with Gasteiger partial charge in [-0.15, -0.1) is 0 Å². The Morgan fingerprint density at radius 1 is 1.20 bits per heavy atom. The van der Waals surface area contributed by atoms with E-state index in [4.69, 9.17) is 16.7 Å². The van der Waals surface area contributed by atoms with Crippen LogP contribution in [-0.2, 0) is 0 Å². The number of rotatable bonds is 1. The number of hydrogen-bond acceptors (Lipinski definition) is 2. The van der Waals surface area contributed by atoms with Crippen LogP contribution in [0.4, 0.5) is 0 Å². The molecule has 0 bridgehead atoms. The largest absolute Gasteiger partial charge is 0.506 e. The summed E-state index contributed by atoms with van der Waals surface area (Å²) in [5.41, 5.74) is 2.79. The summed E-state index contributed by atoms with van der Waals surface area (Å²) >= 11 is 6.02. The number of aromatic hydroxyl groups is 1. The molecular formula is C12H10ClNO. The fraction of sp³-hybridized carbons (Fsp3) is 0.0833. The van der Waals surface area contributed by atoms with E-state index < -0.39 is 0 Å². The molecule has 15 heavy (non-hydrogen) atoms. The van der Waals surface area contributed by atoms with Crippen molar-refractivity contribution in [2.24, 2.45) is 0 Å². The van der Waals surface area contributed by atoms with Crippen molar-refractivity contribution in [2.45, 2.75) is 6.92 Å². The van der Waals surface area contributed by atoms with Crippen molar-refractivity contribution >= 4 is 11.6 Å². The average Bonchev–Trinajstić information content (AvgIpc) is 2.23. The van der Waals surface area contributed by atoms with Gasteiger partial charge in [0.2, 0.25) is 0 Å². The molecule has 0 aliphatic heterocycles. The van der Waals surface area contributed by atoms with Crippen molar-refractivity contribution in [3.63, 3.8) is 0 Å². The van der Waals surface area contributed by atoms with Gasteiger partial charge in [-0.05, 0) is 30.7 Å². The lowest BCUT2D eigenvalue weighted by molar-refractivity contribution is 0.473. The van der Waals surface area contributed by atoms with Crippen molar-refractivity contribution in [1.82, 2.24) is 4.98 Å². The number of aryl methyl sites for hydroxylation is 1. The maximum absolute atomic E-state index is 9.11. The smallest absolute Gasteiger partial charge is 0.133 e. The lowest BCUT2D eigenvalue weighted by Gasteiger charge is -2.03. The number of hydrogen-bond donors (Lipinski definition) is 1. The predicted molar refractivity (Wildman–Crippen MR) is 61.1 cm³/mol. The summed E-state index contributed by atoms with van der Waals surface area (Å²) in [5.74, 6) is 0.164. The molecular weight excluding hydrogens is 210 g/mol. The van der Waals surface area contributed by atoms with Gasteiger partial charge in [0.25, 0.3) is 0 Å². The maximum Gasteiger partial charge on any atom is 0.133 e. The molecule has 0 aliphatic rings. The van der Waals surface area contributed by atoms with Gasteiger partial charge < -0.3 is 5.11 Å². The van der Waals surface area contributed by atoms with Crippen molar-refractivity contribution in [3.05, 3.63) is 47.1 Å². The van der Waals surface area contributed by atoms with Gasteiger partial charge in [0.1, 0.15) is 5.75 Å². The van der Waals surface area contributed by atoms with Gasteiger partial charge in [0.05, 0.1) is 11.9 Å². The third-order valence-electron chi connectivity index (χ3n) is 2.22. The first-order valence-corrected chi connectivity index (χ1v) is 4.96. The summed E-state index contributed by atoms with van der Waals surface area (Å²) in [6.07, 6.45) is 1.42. The zero-order chi connectivity index (χ0) is 10.8. The summed E-state index contributed by atoms with van der Waals surface area (Å²) in [6, 6.07) is 9.15. The molecule has 1 N–H and O–H groups in total. The number of nitrogens with zero attached hydrogens (tertiary/aromatic N) is 1. The third kappa shape index (κ3) is 2.10. The van der Waals surface area contributed by atoms with E-state index >= 15 is 0 Å². The molecule has 1 aromatic heterocycles. The lowest BCUT2D eigenvalue weighted by atomic mass is 10.1. The molecule has 1 aromatic carbocycles. The first-order chi connectivity index (χ1) is 7.16. The second kappa shape index (κ2) is 3.91. The van der Waals surface area contributed by atoms with Crippen molar-refractivity contribution in [1.29, 1.82) is 0 Å². The molecule has 0 saturated heterocycles. The van der Waals surface area contributed by atoms with Crippen LogP contribution in [0.1, 0.15) is 5.56 Å². The number of pyridine rings is 1. The Kier molecular flexibility index (Phi) is 2.60. The van der Waals surface area contributed by atoms with Crippen molar-refractivity contribution in [3.8, 4) is 17.0 Å². The SMILES string of the molecule is Cc1ccc(-c2ccc(O)cn2)cc1Cl. The Bertz CT molecular complexity index is 479. The van der Waals surface area contributed by atoms with Gasteiger partial charge in [0, 0.05) is 10.6 Å². The van der Waals surface area contributed by atoms with Crippen LogP contribution in [0.2, 0.25) is 5.02 Å². The van der Waals surface area contributed by atoms with Crippen LogP contribution >= 0.6 is 11.6 Å². The molecule has 2 nitrogen and oxygen atoms in total. The van der Waals surface area contributed by atoms with Crippen molar-refractivity contribution < 1.29 is 5.11 Å². The molecule has 0 fully saturated rings. The Morgan fingerprint density at radius 3 is 2.60 bits per heavy atom. The van der Waals surface area contributed by atoms with E-state index in [1.165, 1.54) is 6.20 Å². The van der Waals surface area contributed by atoms with Crippen LogP contribution in [0.25, 0.3) is 11.3 Å². The van der Waals surface area contributed by atoms with E-state index in [-0.39, 0.29) is 5.75 Å². The van der Waals surface area contributed by atoms with E-state index in [9.17, 15) is 0 Å². The van der Waals surface area contributed by atoms with E-state index in [2.05, 4.69) is 4.98 Å². The highest BCUT2D eigenvalue weighted by atomic mass is 35.5. The topological polar surface area (TPSA) is 33.1 Å². The van der Waals surface area contributed by atoms with Gasteiger partial charge in [0.15, 0.2) is 0 Å². The molecule has 3 heteroatoms. The highest BCUT2D eigenvalue weighted by Crippen LogP contribution is 2.24. The van der Waals surface area contributed by atoms with Crippen LogP contribution in [0.3, 0.4) is 0 Å². The van der Waals surface area contributed by atoms with E-state index in [1.807, 2.05) is 25.1 Å². The second-order valence-corrected chi connectivity index (χ2v) is 3.77. The minimum atomic E-state index is 0.164. The minimum absolute atomic E-state index is 0.164. The Morgan fingerprint density at radius 2 is 2.00 bits per heavy atom. The molecule has 0 amide bonds. The Balaban J connectivity index is 2.45. The van der Waals surface area contributed by atoms with Crippen LogP contribution in [0, 0.1) is 6.92 Å². The molecule has 1 heterocycles. The average molecular weight is 220 g/mol. The minimum Gasteiger partial charge on any atom is -0.506 e. The van der Waals surface area contributed by atoms with Gasteiger partial charge in [-0.3, -0.25) is 4.98 Å². The maximum atomic E-state index is 9.11. The van der Waals surface area contributed by atoms with Gasteiger partial charge in [-0.2, -0.15) is 0 Å². The molecule has 0 saturated carbocycles. The first kappa shape index (κ1) is 9.99. The van der Waals surface area contributed by atoms with Gasteiger partial charge in [-0.1, -0.05) is 23.7 Å². The summed E-state index contributed by atoms with van der Waals surface area (Å²) in [4.78, 5) is 4.11. The molecule has 0 aliphatic carbocycles. The molecule has 0 spiro atoms. The fourth-order valence-corrected chi connectivity index (χ4v) is 1.49. The summed E-state index contributed by atoms with van der Waals surface area (Å²) < 4.78 is 0. The molecule has 0 atom stereocenters. The number of benzene rings is 1. The van der Waals surface area contributed by atoms with Crippen LogP contribution < -0.4 is 0 Å². The summed E-state index contributed by atoms with van der Waals surface area (Å²) in [7, 11) is 0. The molecule has 0 radical (unpaired) electrons. The summed E-state index contributed by atoms with van der Waals surface area (Å²) in [6.45, 7) is 1.95. The monoisotopic (exact) mass is 219 g/mol. The standard InChI is InChI=1S/C12H10ClNO/c1-8-2-3-9(6-11(8)13)12-5-4-10(15)7-14-12/h2-7,15H,1H3. The molecule has 2 aromatic rings. The normalized spacial score (nSPS) is 10.3. The zero-order valence-corrected chi connectivity index (χ0v) is 8.99. The van der Waals surface area contributed by atoms with E-state index in [0.29, 0.717) is 0 Å². The third-order valence-corrected chi connectivity index (χ3v) is 2.62. The Labute approximate surface area is 93.2 Å².